The number of benzene rings is 1. The highest BCUT2D eigenvalue weighted by Crippen LogP contribution is 2.25. The third-order valence-electron chi connectivity index (χ3n) is 5.32. The summed E-state index contributed by atoms with van der Waals surface area (Å²) < 4.78 is 5.14. The van der Waals surface area contributed by atoms with Crippen LogP contribution in [-0.4, -0.2) is 34.0 Å². The van der Waals surface area contributed by atoms with Gasteiger partial charge in [0.2, 0.25) is 0 Å². The fourth-order valence-corrected chi connectivity index (χ4v) is 3.85. The molecule has 5 heteroatoms. The second kappa shape index (κ2) is 6.90. The zero-order chi connectivity index (χ0) is 18.1. The molecule has 0 spiro atoms. The predicted octanol–water partition coefficient (Wildman–Crippen LogP) is 3.93. The highest BCUT2D eigenvalue weighted by atomic mass is 16.5. The Bertz CT molecular complexity index is 920. The minimum absolute atomic E-state index is 0.0482. The molecule has 1 aromatic carbocycles. The van der Waals surface area contributed by atoms with Crippen LogP contribution < -0.4 is 0 Å². The summed E-state index contributed by atoms with van der Waals surface area (Å²) in [5.74, 6) is 1.25. The van der Waals surface area contributed by atoms with Crippen LogP contribution in [0.25, 0.3) is 10.9 Å². The van der Waals surface area contributed by atoms with E-state index in [-0.39, 0.29) is 5.91 Å². The number of likely N-dealkylation sites (tertiary alicyclic amines) is 1. The van der Waals surface area contributed by atoms with Gasteiger partial charge in [0.25, 0.3) is 5.91 Å². The van der Waals surface area contributed by atoms with Crippen LogP contribution in [0.15, 0.2) is 41.1 Å². The molecule has 1 saturated heterocycles. The Labute approximate surface area is 153 Å². The van der Waals surface area contributed by atoms with Crippen molar-refractivity contribution in [3.8, 4) is 0 Å². The molecular formula is C21H23N3O2. The number of amides is 1. The van der Waals surface area contributed by atoms with E-state index in [4.69, 9.17) is 4.52 Å². The molecule has 0 atom stereocenters. The van der Waals surface area contributed by atoms with Crippen molar-refractivity contribution in [2.45, 2.75) is 33.1 Å². The van der Waals surface area contributed by atoms with Gasteiger partial charge in [-0.1, -0.05) is 23.4 Å². The van der Waals surface area contributed by atoms with E-state index in [9.17, 15) is 4.79 Å². The topological polar surface area (TPSA) is 59.2 Å². The van der Waals surface area contributed by atoms with Crippen molar-refractivity contribution in [3.63, 3.8) is 0 Å². The standard InChI is InChI=1S/C21H23N3O2/c1-14-20(15(2)26-23-14)21(25)24-9-7-16(8-10-24)11-17-12-18-5-3-4-6-19(18)22-13-17/h3-6,12-13,16H,7-11H2,1-2H3. The van der Waals surface area contributed by atoms with Crippen LogP contribution in [0.2, 0.25) is 0 Å². The van der Waals surface area contributed by atoms with Gasteiger partial charge in [-0.25, -0.2) is 0 Å². The van der Waals surface area contributed by atoms with E-state index in [1.807, 2.05) is 36.2 Å². The smallest absolute Gasteiger partial charge is 0.259 e. The average molecular weight is 349 g/mol. The molecule has 0 bridgehead atoms. The van der Waals surface area contributed by atoms with E-state index < -0.39 is 0 Å². The number of fused-ring (bicyclic) bond motifs is 1. The summed E-state index contributed by atoms with van der Waals surface area (Å²) in [5.41, 5.74) is 3.62. The molecule has 0 saturated carbocycles. The summed E-state index contributed by atoms with van der Waals surface area (Å²) in [6, 6.07) is 10.5. The Balaban J connectivity index is 1.39. The summed E-state index contributed by atoms with van der Waals surface area (Å²) in [6.07, 6.45) is 5.04. The maximum atomic E-state index is 12.7. The van der Waals surface area contributed by atoms with Crippen molar-refractivity contribution in [2.24, 2.45) is 5.92 Å². The molecule has 134 valence electrons. The Kier molecular flexibility index (Phi) is 4.45. The third-order valence-corrected chi connectivity index (χ3v) is 5.32. The number of nitrogens with zero attached hydrogens (tertiary/aromatic N) is 3. The van der Waals surface area contributed by atoms with Crippen molar-refractivity contribution < 1.29 is 9.32 Å². The van der Waals surface area contributed by atoms with Gasteiger partial charge >= 0.3 is 0 Å². The molecule has 0 unspecified atom stereocenters. The second-order valence-corrected chi connectivity index (χ2v) is 7.18. The molecule has 1 amide bonds. The fourth-order valence-electron chi connectivity index (χ4n) is 3.85. The zero-order valence-electron chi connectivity index (χ0n) is 15.2. The molecule has 3 aromatic rings. The molecular weight excluding hydrogens is 326 g/mol. The van der Waals surface area contributed by atoms with Gasteiger partial charge in [0.15, 0.2) is 0 Å². The summed E-state index contributed by atoms with van der Waals surface area (Å²) in [6.45, 7) is 5.19. The molecule has 1 fully saturated rings. The van der Waals surface area contributed by atoms with E-state index in [0.717, 1.165) is 37.9 Å². The second-order valence-electron chi connectivity index (χ2n) is 7.18. The quantitative estimate of drug-likeness (QED) is 0.719. The highest BCUT2D eigenvalue weighted by molar-refractivity contribution is 5.96. The monoisotopic (exact) mass is 349 g/mol. The zero-order valence-corrected chi connectivity index (χ0v) is 15.2. The van der Waals surface area contributed by atoms with Crippen LogP contribution in [0.3, 0.4) is 0 Å². The number of carbonyl (C=O) groups excluding carboxylic acids is 1. The molecule has 3 heterocycles. The summed E-state index contributed by atoms with van der Waals surface area (Å²) >= 11 is 0. The number of aryl methyl sites for hydroxylation is 2. The number of para-hydroxylation sites is 1. The SMILES string of the molecule is Cc1noc(C)c1C(=O)N1CCC(Cc2cnc3ccccc3c2)CC1. The Morgan fingerprint density at radius 3 is 2.73 bits per heavy atom. The minimum Gasteiger partial charge on any atom is -0.361 e. The van der Waals surface area contributed by atoms with Crippen LogP contribution in [0.5, 0.6) is 0 Å². The van der Waals surface area contributed by atoms with Gasteiger partial charge in [0, 0.05) is 24.7 Å². The van der Waals surface area contributed by atoms with Crippen LogP contribution >= 0.6 is 0 Å². The van der Waals surface area contributed by atoms with Crippen molar-refractivity contribution in [3.05, 3.63) is 59.1 Å². The van der Waals surface area contributed by atoms with E-state index >= 15 is 0 Å². The Morgan fingerprint density at radius 1 is 1.23 bits per heavy atom. The molecule has 2 aromatic heterocycles. The minimum atomic E-state index is 0.0482. The fraction of sp³-hybridized carbons (Fsp3) is 0.381. The van der Waals surface area contributed by atoms with Gasteiger partial charge in [-0.3, -0.25) is 9.78 Å². The number of rotatable bonds is 3. The number of hydrogen-bond donors (Lipinski definition) is 0. The van der Waals surface area contributed by atoms with Gasteiger partial charge in [-0.15, -0.1) is 0 Å². The van der Waals surface area contributed by atoms with Gasteiger partial charge in [-0.05, 0) is 56.7 Å². The van der Waals surface area contributed by atoms with Crippen LogP contribution in [0, 0.1) is 19.8 Å². The van der Waals surface area contributed by atoms with Crippen molar-refractivity contribution in [1.29, 1.82) is 0 Å². The van der Waals surface area contributed by atoms with Crippen LogP contribution in [0.4, 0.5) is 0 Å². The van der Waals surface area contributed by atoms with Gasteiger partial charge in [-0.2, -0.15) is 0 Å². The summed E-state index contributed by atoms with van der Waals surface area (Å²) in [7, 11) is 0. The Hall–Kier alpha value is -2.69. The summed E-state index contributed by atoms with van der Waals surface area (Å²) in [5, 5.41) is 5.09. The average Bonchev–Trinajstić information content (AvgIpc) is 3.00. The maximum absolute atomic E-state index is 12.7. The molecule has 0 radical (unpaired) electrons. The number of piperidine rings is 1. The van der Waals surface area contributed by atoms with Crippen molar-refractivity contribution >= 4 is 16.8 Å². The number of pyridine rings is 1. The predicted molar refractivity (Wildman–Crippen MR) is 100 cm³/mol. The first-order chi connectivity index (χ1) is 12.6. The number of carbonyl (C=O) groups is 1. The van der Waals surface area contributed by atoms with Crippen LogP contribution in [0.1, 0.15) is 40.2 Å². The first-order valence-electron chi connectivity index (χ1n) is 9.17. The molecule has 0 N–H and O–H groups in total. The lowest BCUT2D eigenvalue weighted by Crippen LogP contribution is -2.39. The van der Waals surface area contributed by atoms with Crippen molar-refractivity contribution in [1.82, 2.24) is 15.0 Å². The maximum Gasteiger partial charge on any atom is 0.259 e. The van der Waals surface area contributed by atoms with E-state index in [1.165, 1.54) is 10.9 Å². The first kappa shape index (κ1) is 16.8. The molecule has 1 aliphatic heterocycles. The molecule has 0 aliphatic carbocycles. The van der Waals surface area contributed by atoms with Crippen LogP contribution in [-0.2, 0) is 6.42 Å². The van der Waals surface area contributed by atoms with E-state index in [0.29, 0.717) is 22.9 Å². The summed E-state index contributed by atoms with van der Waals surface area (Å²) in [4.78, 5) is 19.2. The molecule has 1 aliphatic rings. The number of aromatic nitrogens is 2. The first-order valence-corrected chi connectivity index (χ1v) is 9.17. The lowest BCUT2D eigenvalue weighted by atomic mass is 9.90. The normalized spacial score (nSPS) is 15.5. The number of hydrogen-bond acceptors (Lipinski definition) is 4. The lowest BCUT2D eigenvalue weighted by Gasteiger charge is -2.32. The molecule has 4 rings (SSSR count). The van der Waals surface area contributed by atoms with Crippen molar-refractivity contribution in [2.75, 3.05) is 13.1 Å². The third kappa shape index (κ3) is 3.21. The van der Waals surface area contributed by atoms with E-state index in [2.05, 4.69) is 22.3 Å². The van der Waals surface area contributed by atoms with Gasteiger partial charge in [0.1, 0.15) is 11.3 Å². The van der Waals surface area contributed by atoms with Gasteiger partial charge in [0.05, 0.1) is 11.2 Å². The van der Waals surface area contributed by atoms with Gasteiger partial charge < -0.3 is 9.42 Å². The molecule has 26 heavy (non-hydrogen) atoms. The Morgan fingerprint density at radius 2 is 2.00 bits per heavy atom. The largest absolute Gasteiger partial charge is 0.361 e. The molecule has 5 nitrogen and oxygen atoms in total. The van der Waals surface area contributed by atoms with E-state index in [1.54, 1.807) is 6.92 Å². The highest BCUT2D eigenvalue weighted by Gasteiger charge is 2.27. The lowest BCUT2D eigenvalue weighted by molar-refractivity contribution is 0.0688.